The van der Waals surface area contributed by atoms with Gasteiger partial charge in [-0.05, 0) is 25.5 Å². The minimum Gasteiger partial charge on any atom is -0.373 e. The van der Waals surface area contributed by atoms with E-state index in [2.05, 4.69) is 32.6 Å². The molecule has 150 valence electrons. The van der Waals surface area contributed by atoms with Crippen LogP contribution in [0.15, 0.2) is 37.0 Å². The largest absolute Gasteiger partial charge is 0.373 e. The normalized spacial score (nSPS) is 16.3. The summed E-state index contributed by atoms with van der Waals surface area (Å²) in [7, 11) is 3.63. The van der Waals surface area contributed by atoms with Gasteiger partial charge in [-0.2, -0.15) is 9.61 Å². The van der Waals surface area contributed by atoms with Gasteiger partial charge < -0.3 is 20.9 Å². The number of amides is 1. The van der Waals surface area contributed by atoms with E-state index in [1.165, 1.54) is 0 Å². The Hall–Kier alpha value is -3.62. The van der Waals surface area contributed by atoms with Gasteiger partial charge in [0.1, 0.15) is 23.5 Å². The zero-order chi connectivity index (χ0) is 20.5. The van der Waals surface area contributed by atoms with Gasteiger partial charge in [-0.15, -0.1) is 0 Å². The van der Waals surface area contributed by atoms with Crippen LogP contribution >= 0.6 is 0 Å². The highest BCUT2D eigenvalue weighted by Crippen LogP contribution is 2.24. The molecular formula is C20H24N8O. The van der Waals surface area contributed by atoms with Crippen molar-refractivity contribution in [3.63, 3.8) is 0 Å². The number of likely N-dealkylation sites (N-methyl/N-ethyl adjacent to an activating group) is 1. The number of carbonyl (C=O) groups excluding carboxylic acids is 1. The van der Waals surface area contributed by atoms with Gasteiger partial charge >= 0.3 is 0 Å². The molecule has 0 spiro atoms. The van der Waals surface area contributed by atoms with Crippen LogP contribution in [-0.2, 0) is 4.79 Å². The van der Waals surface area contributed by atoms with E-state index in [4.69, 9.17) is 4.98 Å². The fraction of sp³-hybridized carbons (Fsp3) is 0.300. The number of likely N-dealkylation sites (tertiary alicyclic amines) is 1. The number of aromatic nitrogens is 4. The van der Waals surface area contributed by atoms with E-state index < -0.39 is 0 Å². The van der Waals surface area contributed by atoms with Gasteiger partial charge in [0.2, 0.25) is 5.91 Å². The van der Waals surface area contributed by atoms with Crippen LogP contribution in [0.4, 0.5) is 17.5 Å². The summed E-state index contributed by atoms with van der Waals surface area (Å²) in [6, 6.07) is 7.35. The van der Waals surface area contributed by atoms with Crippen molar-refractivity contribution in [2.45, 2.75) is 19.4 Å². The Bertz CT molecular complexity index is 1090. The second-order valence-corrected chi connectivity index (χ2v) is 7.08. The number of hydrogen-bond donors (Lipinski definition) is 3. The number of nitrogens with zero attached hydrogens (tertiary/aromatic N) is 5. The molecule has 0 saturated carbocycles. The minimum atomic E-state index is -0.274. The van der Waals surface area contributed by atoms with Crippen LogP contribution in [0.2, 0.25) is 0 Å². The molecule has 0 aliphatic carbocycles. The highest BCUT2D eigenvalue weighted by Gasteiger charge is 2.29. The Morgan fingerprint density at radius 1 is 1.28 bits per heavy atom. The highest BCUT2D eigenvalue weighted by molar-refractivity contribution is 5.86. The maximum absolute atomic E-state index is 12.2. The van der Waals surface area contributed by atoms with Crippen LogP contribution < -0.4 is 16.0 Å². The molecule has 9 nitrogen and oxygen atoms in total. The van der Waals surface area contributed by atoms with E-state index in [1.807, 2.05) is 38.2 Å². The summed E-state index contributed by atoms with van der Waals surface area (Å²) in [5, 5.41) is 14.0. The van der Waals surface area contributed by atoms with Gasteiger partial charge in [0.25, 0.3) is 0 Å². The Morgan fingerprint density at radius 3 is 2.79 bits per heavy atom. The molecule has 29 heavy (non-hydrogen) atoms. The SMILES string of the molecule is C=C(N[C@@H]1CCN(C)C1=O)c1cnn2c(NC)cc(Nc3cccc(C)n3)nc12. The summed E-state index contributed by atoms with van der Waals surface area (Å²) >= 11 is 0. The van der Waals surface area contributed by atoms with Crippen molar-refractivity contribution < 1.29 is 4.79 Å². The quantitative estimate of drug-likeness (QED) is 0.590. The lowest BCUT2D eigenvalue weighted by Gasteiger charge is -2.15. The predicted octanol–water partition coefficient (Wildman–Crippen LogP) is 2.01. The van der Waals surface area contributed by atoms with Crippen molar-refractivity contribution in [3.8, 4) is 0 Å². The molecule has 3 N–H and O–H groups in total. The lowest BCUT2D eigenvalue weighted by atomic mass is 10.2. The van der Waals surface area contributed by atoms with Crippen LogP contribution in [0.1, 0.15) is 17.7 Å². The van der Waals surface area contributed by atoms with E-state index in [0.29, 0.717) is 23.0 Å². The van der Waals surface area contributed by atoms with E-state index in [9.17, 15) is 4.79 Å². The molecule has 1 atom stereocenters. The Balaban J connectivity index is 1.66. The summed E-state index contributed by atoms with van der Waals surface area (Å²) in [6.45, 7) is 6.79. The predicted molar refractivity (Wildman–Crippen MR) is 113 cm³/mol. The Labute approximate surface area is 168 Å². The van der Waals surface area contributed by atoms with Crippen LogP contribution in [0.5, 0.6) is 0 Å². The smallest absolute Gasteiger partial charge is 0.244 e. The van der Waals surface area contributed by atoms with E-state index >= 15 is 0 Å². The molecule has 0 radical (unpaired) electrons. The average Bonchev–Trinajstić information content (AvgIpc) is 3.26. The van der Waals surface area contributed by atoms with Crippen molar-refractivity contribution in [3.05, 3.63) is 48.3 Å². The van der Waals surface area contributed by atoms with Gasteiger partial charge in [0.15, 0.2) is 5.65 Å². The van der Waals surface area contributed by atoms with Gasteiger partial charge in [-0.3, -0.25) is 4.79 Å². The first-order chi connectivity index (χ1) is 14.0. The van der Waals surface area contributed by atoms with E-state index in [0.717, 1.165) is 30.0 Å². The molecule has 0 bridgehead atoms. The minimum absolute atomic E-state index is 0.0689. The maximum atomic E-state index is 12.2. The summed E-state index contributed by atoms with van der Waals surface area (Å²) in [5.74, 6) is 2.17. The molecule has 1 saturated heterocycles. The third-order valence-electron chi connectivity index (χ3n) is 4.97. The number of fused-ring (bicyclic) bond motifs is 1. The van der Waals surface area contributed by atoms with Gasteiger partial charge in [-0.25, -0.2) is 9.97 Å². The highest BCUT2D eigenvalue weighted by atomic mass is 16.2. The van der Waals surface area contributed by atoms with Gasteiger partial charge in [0.05, 0.1) is 11.8 Å². The summed E-state index contributed by atoms with van der Waals surface area (Å²) < 4.78 is 1.71. The number of aryl methyl sites for hydroxylation is 1. The first kappa shape index (κ1) is 18.7. The molecule has 1 aliphatic rings. The molecule has 4 rings (SSSR count). The fourth-order valence-electron chi connectivity index (χ4n) is 3.41. The van der Waals surface area contributed by atoms with Crippen molar-refractivity contribution in [1.29, 1.82) is 0 Å². The third kappa shape index (κ3) is 3.58. The molecule has 1 aliphatic heterocycles. The number of pyridine rings is 1. The molecule has 3 aromatic rings. The van der Waals surface area contributed by atoms with E-state index in [1.54, 1.807) is 22.7 Å². The van der Waals surface area contributed by atoms with Crippen molar-refractivity contribution in [1.82, 2.24) is 29.8 Å². The summed E-state index contributed by atoms with van der Waals surface area (Å²) in [4.78, 5) is 23.1. The standard InChI is InChI=1S/C20H24N8O/c1-12-6-5-7-16(23-12)25-17-10-18(21-3)28-19(26-17)14(11-22-28)13(2)24-15-8-9-27(4)20(15)29/h5-7,10-11,15,21,24H,2,8-9H2,1,3-4H3,(H,23,25,26)/t15-/m1/s1. The third-order valence-corrected chi connectivity index (χ3v) is 4.97. The molecule has 3 aromatic heterocycles. The lowest BCUT2D eigenvalue weighted by molar-refractivity contribution is -0.128. The zero-order valence-corrected chi connectivity index (χ0v) is 16.7. The molecule has 0 unspecified atom stereocenters. The fourth-order valence-corrected chi connectivity index (χ4v) is 3.41. The monoisotopic (exact) mass is 392 g/mol. The van der Waals surface area contributed by atoms with Crippen molar-refractivity contribution in [2.75, 3.05) is 31.3 Å². The Morgan fingerprint density at radius 2 is 2.10 bits per heavy atom. The van der Waals surface area contributed by atoms with Crippen LogP contribution in [0.3, 0.4) is 0 Å². The molecule has 4 heterocycles. The van der Waals surface area contributed by atoms with Crippen molar-refractivity contribution >= 4 is 34.7 Å². The van der Waals surface area contributed by atoms with Crippen LogP contribution in [-0.4, -0.2) is 57.1 Å². The molecule has 0 aromatic carbocycles. The first-order valence-electron chi connectivity index (χ1n) is 9.44. The molecule has 9 heteroatoms. The second kappa shape index (κ2) is 7.42. The number of carbonyl (C=O) groups is 1. The summed E-state index contributed by atoms with van der Waals surface area (Å²) in [6.07, 6.45) is 2.45. The first-order valence-corrected chi connectivity index (χ1v) is 9.44. The zero-order valence-electron chi connectivity index (χ0n) is 16.7. The number of rotatable bonds is 6. The van der Waals surface area contributed by atoms with Crippen LogP contribution in [0, 0.1) is 6.92 Å². The van der Waals surface area contributed by atoms with Gasteiger partial charge in [0, 0.05) is 38.1 Å². The average molecular weight is 392 g/mol. The molecular weight excluding hydrogens is 368 g/mol. The number of nitrogens with one attached hydrogen (secondary N) is 3. The van der Waals surface area contributed by atoms with Crippen molar-refractivity contribution in [2.24, 2.45) is 0 Å². The number of hydrogen-bond acceptors (Lipinski definition) is 7. The second-order valence-electron chi connectivity index (χ2n) is 7.08. The molecule has 1 amide bonds. The van der Waals surface area contributed by atoms with Gasteiger partial charge in [-0.1, -0.05) is 12.6 Å². The summed E-state index contributed by atoms with van der Waals surface area (Å²) in [5.41, 5.74) is 2.90. The topological polar surface area (TPSA) is 99.5 Å². The van der Waals surface area contributed by atoms with Crippen LogP contribution in [0.25, 0.3) is 11.3 Å². The number of anilines is 3. The Kier molecular flexibility index (Phi) is 4.79. The lowest BCUT2D eigenvalue weighted by Crippen LogP contribution is -2.35. The maximum Gasteiger partial charge on any atom is 0.244 e. The van der Waals surface area contributed by atoms with E-state index in [-0.39, 0.29) is 11.9 Å². The molecule has 1 fully saturated rings.